The first-order chi connectivity index (χ1) is 11.7. The third-order valence-electron chi connectivity index (χ3n) is 3.75. The van der Waals surface area contributed by atoms with Crippen LogP contribution in [0.4, 0.5) is 5.82 Å². The molecule has 2 aromatic rings. The fourth-order valence-corrected chi connectivity index (χ4v) is 2.61. The molecule has 0 fully saturated rings. The van der Waals surface area contributed by atoms with E-state index in [1.54, 1.807) is 6.07 Å². The standard InChI is InChI=1S/C19H20N4O/c1-13(2)23-19-16-8-15(10-20)18(9-17(16)21-12-22-19)24-11-14-6-4-3-5-7-14/h4,6-9,12-13H,3,5,11H2,1-2H3,(H,21,22,23). The van der Waals surface area contributed by atoms with E-state index in [1.165, 1.54) is 6.33 Å². The largest absolute Gasteiger partial charge is 0.487 e. The molecule has 24 heavy (non-hydrogen) atoms. The van der Waals surface area contributed by atoms with Gasteiger partial charge in [0.05, 0.1) is 11.1 Å². The number of nitrogens with one attached hydrogen (secondary N) is 1. The Morgan fingerprint density at radius 1 is 1.29 bits per heavy atom. The number of rotatable bonds is 5. The molecule has 0 amide bonds. The van der Waals surface area contributed by atoms with Crippen LogP contribution in [0.1, 0.15) is 32.3 Å². The van der Waals surface area contributed by atoms with Gasteiger partial charge in [0, 0.05) is 17.5 Å². The molecule has 0 bridgehead atoms. The van der Waals surface area contributed by atoms with Crippen LogP contribution < -0.4 is 10.1 Å². The lowest BCUT2D eigenvalue weighted by atomic mass is 10.1. The van der Waals surface area contributed by atoms with Crippen LogP contribution in [0.25, 0.3) is 10.9 Å². The second-order valence-corrected chi connectivity index (χ2v) is 6.05. The zero-order valence-electron chi connectivity index (χ0n) is 13.9. The van der Waals surface area contributed by atoms with Crippen LogP contribution >= 0.6 is 0 Å². The maximum atomic E-state index is 9.47. The van der Waals surface area contributed by atoms with Crippen molar-refractivity contribution >= 4 is 16.7 Å². The molecule has 122 valence electrons. The summed E-state index contributed by atoms with van der Waals surface area (Å²) in [4.78, 5) is 8.59. The number of hydrogen-bond acceptors (Lipinski definition) is 5. The van der Waals surface area contributed by atoms with Crippen molar-refractivity contribution < 1.29 is 4.74 Å². The Hall–Kier alpha value is -2.87. The van der Waals surface area contributed by atoms with Crippen LogP contribution in [0.2, 0.25) is 0 Å². The Morgan fingerprint density at radius 2 is 2.17 bits per heavy atom. The summed E-state index contributed by atoms with van der Waals surface area (Å²) in [6, 6.07) is 6.06. The van der Waals surface area contributed by atoms with Gasteiger partial charge in [0.1, 0.15) is 30.6 Å². The van der Waals surface area contributed by atoms with E-state index in [0.717, 1.165) is 35.1 Å². The normalized spacial score (nSPS) is 13.7. The van der Waals surface area contributed by atoms with Crippen molar-refractivity contribution in [1.82, 2.24) is 9.97 Å². The number of nitrogens with zero attached hydrogens (tertiary/aromatic N) is 3. The van der Waals surface area contributed by atoms with Crippen LogP contribution in [-0.4, -0.2) is 22.6 Å². The Kier molecular flexibility index (Phi) is 4.76. The summed E-state index contributed by atoms with van der Waals surface area (Å²) in [5.74, 6) is 1.29. The van der Waals surface area contributed by atoms with Crippen LogP contribution in [-0.2, 0) is 0 Å². The smallest absolute Gasteiger partial charge is 0.139 e. The van der Waals surface area contributed by atoms with E-state index in [1.807, 2.05) is 19.9 Å². The van der Waals surface area contributed by atoms with Crippen molar-refractivity contribution in [1.29, 1.82) is 5.26 Å². The van der Waals surface area contributed by atoms with Crippen molar-refractivity contribution in [2.24, 2.45) is 0 Å². The summed E-state index contributed by atoms with van der Waals surface area (Å²) in [6.07, 6.45) is 10.0. The van der Waals surface area contributed by atoms with Gasteiger partial charge in [0.25, 0.3) is 0 Å². The number of nitriles is 1. The molecule has 1 N–H and O–H groups in total. The van der Waals surface area contributed by atoms with Gasteiger partial charge in [0.15, 0.2) is 0 Å². The molecule has 5 nitrogen and oxygen atoms in total. The fraction of sp³-hybridized carbons (Fsp3) is 0.316. The van der Waals surface area contributed by atoms with Gasteiger partial charge in [-0.3, -0.25) is 0 Å². The highest BCUT2D eigenvalue weighted by Gasteiger charge is 2.12. The Labute approximate surface area is 141 Å². The molecule has 5 heteroatoms. The molecule has 1 aromatic carbocycles. The number of aromatic nitrogens is 2. The van der Waals surface area contributed by atoms with E-state index in [0.29, 0.717) is 17.9 Å². The van der Waals surface area contributed by atoms with Crippen molar-refractivity contribution in [2.75, 3.05) is 11.9 Å². The predicted octanol–water partition coefficient (Wildman–Crippen LogP) is 3.98. The van der Waals surface area contributed by atoms with E-state index in [2.05, 4.69) is 39.6 Å². The Morgan fingerprint density at radius 3 is 2.88 bits per heavy atom. The average molecular weight is 320 g/mol. The van der Waals surface area contributed by atoms with E-state index < -0.39 is 0 Å². The van der Waals surface area contributed by atoms with E-state index in [4.69, 9.17) is 4.74 Å². The number of anilines is 1. The molecule has 0 radical (unpaired) electrons. The van der Waals surface area contributed by atoms with Crippen molar-refractivity contribution in [2.45, 2.75) is 32.7 Å². The van der Waals surface area contributed by atoms with Gasteiger partial charge in [0.2, 0.25) is 0 Å². The molecule has 0 saturated heterocycles. The Balaban J connectivity index is 1.92. The number of hydrogen-bond donors (Lipinski definition) is 1. The van der Waals surface area contributed by atoms with Gasteiger partial charge < -0.3 is 10.1 Å². The van der Waals surface area contributed by atoms with Crippen LogP contribution in [0, 0.1) is 11.3 Å². The molecule has 0 saturated carbocycles. The topological polar surface area (TPSA) is 70.8 Å². The molecule has 1 heterocycles. The first kappa shape index (κ1) is 16.0. The fourth-order valence-electron chi connectivity index (χ4n) is 2.61. The number of ether oxygens (including phenoxy) is 1. The van der Waals surface area contributed by atoms with Crippen molar-refractivity contribution in [3.05, 3.63) is 47.8 Å². The minimum Gasteiger partial charge on any atom is -0.487 e. The van der Waals surface area contributed by atoms with Crippen LogP contribution in [0.3, 0.4) is 0 Å². The van der Waals surface area contributed by atoms with Crippen molar-refractivity contribution in [3.63, 3.8) is 0 Å². The summed E-state index contributed by atoms with van der Waals surface area (Å²) < 4.78 is 5.87. The van der Waals surface area contributed by atoms with E-state index >= 15 is 0 Å². The van der Waals surface area contributed by atoms with Gasteiger partial charge in [-0.15, -0.1) is 0 Å². The highest BCUT2D eigenvalue weighted by atomic mass is 16.5. The van der Waals surface area contributed by atoms with Crippen LogP contribution in [0.5, 0.6) is 5.75 Å². The van der Waals surface area contributed by atoms with E-state index in [-0.39, 0.29) is 6.04 Å². The molecule has 1 aliphatic carbocycles. The SMILES string of the molecule is CC(C)Nc1ncnc2cc(OCC3=CCCC=C3)c(C#N)cc12. The first-order valence-electron chi connectivity index (χ1n) is 8.11. The Bertz CT molecular complexity index is 846. The lowest BCUT2D eigenvalue weighted by Gasteiger charge is -2.14. The van der Waals surface area contributed by atoms with E-state index in [9.17, 15) is 5.26 Å². The van der Waals surface area contributed by atoms with Crippen molar-refractivity contribution in [3.8, 4) is 11.8 Å². The summed E-state index contributed by atoms with van der Waals surface area (Å²) >= 11 is 0. The molecule has 0 unspecified atom stereocenters. The summed E-state index contributed by atoms with van der Waals surface area (Å²) in [5, 5.41) is 13.6. The number of benzene rings is 1. The number of allylic oxidation sites excluding steroid dienone is 2. The molecule has 0 atom stereocenters. The second kappa shape index (κ2) is 7.14. The monoisotopic (exact) mass is 320 g/mol. The molecule has 3 rings (SSSR count). The maximum Gasteiger partial charge on any atom is 0.139 e. The van der Waals surface area contributed by atoms with Gasteiger partial charge in [-0.1, -0.05) is 18.2 Å². The molecule has 0 aliphatic heterocycles. The highest BCUT2D eigenvalue weighted by molar-refractivity contribution is 5.91. The molecule has 1 aromatic heterocycles. The summed E-state index contributed by atoms with van der Waals surface area (Å²) in [6.45, 7) is 4.54. The average Bonchev–Trinajstić information content (AvgIpc) is 2.60. The highest BCUT2D eigenvalue weighted by Crippen LogP contribution is 2.28. The third-order valence-corrected chi connectivity index (χ3v) is 3.75. The van der Waals surface area contributed by atoms with Crippen LogP contribution in [0.15, 0.2) is 42.3 Å². The van der Waals surface area contributed by atoms with Gasteiger partial charge in [-0.2, -0.15) is 5.26 Å². The quantitative estimate of drug-likeness (QED) is 0.902. The summed E-state index contributed by atoms with van der Waals surface area (Å²) in [7, 11) is 0. The minimum absolute atomic E-state index is 0.245. The first-order valence-corrected chi connectivity index (χ1v) is 8.11. The minimum atomic E-state index is 0.245. The number of fused-ring (bicyclic) bond motifs is 1. The zero-order valence-corrected chi connectivity index (χ0v) is 13.9. The molecular formula is C19H20N4O. The predicted molar refractivity (Wildman–Crippen MR) is 95.0 cm³/mol. The summed E-state index contributed by atoms with van der Waals surface area (Å²) in [5.41, 5.74) is 2.38. The molecule has 0 spiro atoms. The lowest BCUT2D eigenvalue weighted by Crippen LogP contribution is -2.11. The zero-order chi connectivity index (χ0) is 16.9. The van der Waals surface area contributed by atoms with Gasteiger partial charge >= 0.3 is 0 Å². The van der Waals surface area contributed by atoms with Gasteiger partial charge in [-0.25, -0.2) is 9.97 Å². The molecule has 1 aliphatic rings. The molecular weight excluding hydrogens is 300 g/mol. The lowest BCUT2D eigenvalue weighted by molar-refractivity contribution is 0.354. The second-order valence-electron chi connectivity index (χ2n) is 6.05. The van der Waals surface area contributed by atoms with Gasteiger partial charge in [-0.05, 0) is 38.3 Å². The third kappa shape index (κ3) is 3.54. The maximum absolute atomic E-state index is 9.47.